The second kappa shape index (κ2) is 5.06. The molecule has 1 N–H and O–H groups in total. The van der Waals surface area contributed by atoms with E-state index in [0.29, 0.717) is 0 Å². The zero-order valence-corrected chi connectivity index (χ0v) is 8.60. The van der Waals surface area contributed by atoms with Gasteiger partial charge in [0.2, 0.25) is 5.78 Å². The molecule has 0 fully saturated rings. The van der Waals surface area contributed by atoms with Crippen LogP contribution in [-0.2, 0) is 14.3 Å². The summed E-state index contributed by atoms with van der Waals surface area (Å²) in [4.78, 5) is 33.3. The SMILES string of the molecule is COC(=O)C(=O)CC(=O)c1cccc(O)c1. The van der Waals surface area contributed by atoms with Gasteiger partial charge in [-0.2, -0.15) is 0 Å². The molecule has 0 aromatic heterocycles. The van der Waals surface area contributed by atoms with Crippen molar-refractivity contribution in [3.05, 3.63) is 29.8 Å². The third kappa shape index (κ3) is 2.91. The van der Waals surface area contributed by atoms with E-state index in [2.05, 4.69) is 4.74 Å². The summed E-state index contributed by atoms with van der Waals surface area (Å²) in [6, 6.07) is 5.56. The van der Waals surface area contributed by atoms with Gasteiger partial charge in [-0.15, -0.1) is 0 Å². The lowest BCUT2D eigenvalue weighted by molar-refractivity contribution is -0.151. The van der Waals surface area contributed by atoms with Crippen molar-refractivity contribution in [2.45, 2.75) is 6.42 Å². The molecule has 0 unspecified atom stereocenters. The number of hydrogen-bond donors (Lipinski definition) is 1. The van der Waals surface area contributed by atoms with Crippen molar-refractivity contribution in [1.29, 1.82) is 0 Å². The van der Waals surface area contributed by atoms with Crippen molar-refractivity contribution in [2.24, 2.45) is 0 Å². The zero-order valence-electron chi connectivity index (χ0n) is 8.60. The molecule has 84 valence electrons. The molecule has 16 heavy (non-hydrogen) atoms. The number of ketones is 2. The zero-order chi connectivity index (χ0) is 12.1. The summed E-state index contributed by atoms with van der Waals surface area (Å²) >= 11 is 0. The van der Waals surface area contributed by atoms with E-state index in [4.69, 9.17) is 5.11 Å². The van der Waals surface area contributed by atoms with Gasteiger partial charge in [-0.25, -0.2) is 4.79 Å². The van der Waals surface area contributed by atoms with Crippen LogP contribution in [0.25, 0.3) is 0 Å². The molecule has 1 aromatic rings. The lowest BCUT2D eigenvalue weighted by atomic mass is 10.1. The number of methoxy groups -OCH3 is 1. The highest BCUT2D eigenvalue weighted by Gasteiger charge is 2.19. The Hall–Kier alpha value is -2.17. The molecule has 0 bridgehead atoms. The maximum absolute atomic E-state index is 11.5. The largest absolute Gasteiger partial charge is 0.508 e. The highest BCUT2D eigenvalue weighted by atomic mass is 16.5. The monoisotopic (exact) mass is 222 g/mol. The molecular formula is C11H10O5. The minimum atomic E-state index is -1.05. The fraction of sp³-hybridized carbons (Fsp3) is 0.182. The van der Waals surface area contributed by atoms with Crippen LogP contribution in [0.5, 0.6) is 5.75 Å². The van der Waals surface area contributed by atoms with Crippen molar-refractivity contribution in [3.8, 4) is 5.75 Å². The van der Waals surface area contributed by atoms with Crippen LogP contribution in [-0.4, -0.2) is 29.8 Å². The number of carbonyl (C=O) groups excluding carboxylic acids is 3. The van der Waals surface area contributed by atoms with E-state index >= 15 is 0 Å². The molecule has 1 rings (SSSR count). The average molecular weight is 222 g/mol. The molecule has 0 aliphatic rings. The Balaban J connectivity index is 2.73. The van der Waals surface area contributed by atoms with Crippen LogP contribution in [0, 0.1) is 0 Å². The summed E-state index contributed by atoms with van der Waals surface area (Å²) in [6.07, 6.45) is -0.559. The normalized spacial score (nSPS) is 9.56. The third-order valence-electron chi connectivity index (χ3n) is 1.90. The average Bonchev–Trinajstić information content (AvgIpc) is 2.27. The topological polar surface area (TPSA) is 80.7 Å². The van der Waals surface area contributed by atoms with E-state index < -0.39 is 24.0 Å². The standard InChI is InChI=1S/C11H10O5/c1-16-11(15)10(14)6-9(13)7-3-2-4-8(12)5-7/h2-5,12H,6H2,1H3. The molecule has 0 amide bonds. The first-order valence-corrected chi connectivity index (χ1v) is 4.48. The van der Waals surface area contributed by atoms with Gasteiger partial charge < -0.3 is 9.84 Å². The number of ether oxygens (including phenoxy) is 1. The summed E-state index contributed by atoms with van der Waals surface area (Å²) < 4.78 is 4.18. The molecule has 0 spiro atoms. The Morgan fingerprint density at radius 1 is 1.31 bits per heavy atom. The first-order chi connectivity index (χ1) is 7.54. The Morgan fingerprint density at radius 2 is 2.00 bits per heavy atom. The van der Waals surface area contributed by atoms with Gasteiger partial charge in [0.1, 0.15) is 5.75 Å². The molecule has 0 saturated heterocycles. The van der Waals surface area contributed by atoms with Crippen molar-refractivity contribution in [1.82, 2.24) is 0 Å². The quantitative estimate of drug-likeness (QED) is 0.351. The Morgan fingerprint density at radius 3 is 2.56 bits per heavy atom. The molecular weight excluding hydrogens is 212 g/mol. The summed E-state index contributed by atoms with van der Waals surface area (Å²) in [6.45, 7) is 0. The number of esters is 1. The van der Waals surface area contributed by atoms with Crippen molar-refractivity contribution >= 4 is 17.5 Å². The van der Waals surface area contributed by atoms with E-state index in [-0.39, 0.29) is 11.3 Å². The highest BCUT2D eigenvalue weighted by Crippen LogP contribution is 2.12. The van der Waals surface area contributed by atoms with Gasteiger partial charge in [-0.05, 0) is 12.1 Å². The lowest BCUT2D eigenvalue weighted by Crippen LogP contribution is -2.19. The first kappa shape index (κ1) is 11.9. The maximum atomic E-state index is 11.5. The molecule has 5 heteroatoms. The van der Waals surface area contributed by atoms with Crippen LogP contribution in [0.2, 0.25) is 0 Å². The second-order valence-corrected chi connectivity index (χ2v) is 3.07. The molecule has 5 nitrogen and oxygen atoms in total. The minimum Gasteiger partial charge on any atom is -0.508 e. The molecule has 0 aliphatic heterocycles. The summed E-state index contributed by atoms with van der Waals surface area (Å²) in [5.41, 5.74) is 0.178. The van der Waals surface area contributed by atoms with Gasteiger partial charge in [0, 0.05) is 5.56 Å². The van der Waals surface area contributed by atoms with Crippen molar-refractivity contribution < 1.29 is 24.2 Å². The fourth-order valence-corrected chi connectivity index (χ4v) is 1.11. The summed E-state index contributed by atoms with van der Waals surface area (Å²) in [7, 11) is 1.07. The lowest BCUT2D eigenvalue weighted by Gasteiger charge is -2.00. The number of hydrogen-bond acceptors (Lipinski definition) is 5. The van der Waals surface area contributed by atoms with Crippen LogP contribution in [0.1, 0.15) is 16.8 Å². The Kier molecular flexibility index (Phi) is 3.77. The predicted molar refractivity (Wildman–Crippen MR) is 54.1 cm³/mol. The van der Waals surface area contributed by atoms with E-state index in [9.17, 15) is 14.4 Å². The first-order valence-electron chi connectivity index (χ1n) is 4.48. The van der Waals surface area contributed by atoms with E-state index in [1.165, 1.54) is 24.3 Å². The summed E-state index contributed by atoms with van der Waals surface area (Å²) in [5.74, 6) is -2.56. The Labute approximate surface area is 91.6 Å². The highest BCUT2D eigenvalue weighted by molar-refractivity contribution is 6.38. The van der Waals surface area contributed by atoms with Gasteiger partial charge in [0.15, 0.2) is 5.78 Å². The number of rotatable bonds is 4. The van der Waals surface area contributed by atoms with E-state index in [1.807, 2.05) is 0 Å². The maximum Gasteiger partial charge on any atom is 0.374 e. The number of Topliss-reactive ketones (excluding diaryl/α,β-unsaturated/α-hetero) is 2. The van der Waals surface area contributed by atoms with Gasteiger partial charge >= 0.3 is 5.97 Å². The van der Waals surface area contributed by atoms with Crippen LogP contribution < -0.4 is 0 Å². The van der Waals surface area contributed by atoms with E-state index in [0.717, 1.165) is 7.11 Å². The van der Waals surface area contributed by atoms with Gasteiger partial charge in [-0.3, -0.25) is 9.59 Å². The molecule has 0 heterocycles. The van der Waals surface area contributed by atoms with Gasteiger partial charge in [0.05, 0.1) is 13.5 Å². The predicted octanol–water partition coefficient (Wildman–Crippen LogP) is 0.707. The third-order valence-corrected chi connectivity index (χ3v) is 1.90. The summed E-state index contributed by atoms with van der Waals surface area (Å²) in [5, 5.41) is 9.12. The second-order valence-electron chi connectivity index (χ2n) is 3.07. The molecule has 1 aromatic carbocycles. The van der Waals surface area contributed by atoms with Crippen molar-refractivity contribution in [3.63, 3.8) is 0 Å². The number of benzene rings is 1. The van der Waals surface area contributed by atoms with Crippen LogP contribution in [0.15, 0.2) is 24.3 Å². The van der Waals surface area contributed by atoms with Crippen LogP contribution >= 0.6 is 0 Å². The number of phenols is 1. The minimum absolute atomic E-state index is 0.0728. The van der Waals surface area contributed by atoms with Crippen LogP contribution in [0.3, 0.4) is 0 Å². The molecule has 0 radical (unpaired) electrons. The Bertz CT molecular complexity index is 436. The smallest absolute Gasteiger partial charge is 0.374 e. The number of aromatic hydroxyl groups is 1. The molecule has 0 aliphatic carbocycles. The van der Waals surface area contributed by atoms with E-state index in [1.54, 1.807) is 0 Å². The number of carbonyl (C=O) groups is 3. The fourth-order valence-electron chi connectivity index (χ4n) is 1.11. The van der Waals surface area contributed by atoms with Gasteiger partial charge in [-0.1, -0.05) is 12.1 Å². The molecule has 0 saturated carbocycles. The molecule has 0 atom stereocenters. The van der Waals surface area contributed by atoms with Gasteiger partial charge in [0.25, 0.3) is 0 Å². The van der Waals surface area contributed by atoms with Crippen LogP contribution in [0.4, 0.5) is 0 Å². The van der Waals surface area contributed by atoms with Crippen molar-refractivity contribution in [2.75, 3.05) is 7.11 Å². The number of phenolic OH excluding ortho intramolecular Hbond substituents is 1.